The summed E-state index contributed by atoms with van der Waals surface area (Å²) in [6.07, 6.45) is -2.67. The van der Waals surface area contributed by atoms with E-state index >= 15 is 0 Å². The predicted octanol–water partition coefficient (Wildman–Crippen LogP) is 1.97. The summed E-state index contributed by atoms with van der Waals surface area (Å²) in [6.45, 7) is 1.90. The molecule has 1 saturated carbocycles. The van der Waals surface area contributed by atoms with Crippen molar-refractivity contribution in [3.63, 3.8) is 0 Å². The average molecular weight is 694 g/mol. The molecule has 0 radical (unpaired) electrons. The van der Waals surface area contributed by atoms with Gasteiger partial charge in [0.1, 0.15) is 6.10 Å². The molecule has 3 aromatic rings. The third kappa shape index (κ3) is 7.90. The number of benzene rings is 3. The van der Waals surface area contributed by atoms with Gasteiger partial charge in [-0.25, -0.2) is 14.4 Å². The second-order valence-electron chi connectivity index (χ2n) is 11.9. The number of aromatic hydroxyl groups is 4. The van der Waals surface area contributed by atoms with E-state index < -0.39 is 82.9 Å². The Morgan fingerprint density at radius 1 is 0.880 bits per heavy atom. The van der Waals surface area contributed by atoms with Crippen LogP contribution < -0.4 is 5.32 Å². The van der Waals surface area contributed by atoms with Crippen LogP contribution >= 0.6 is 0 Å². The van der Waals surface area contributed by atoms with Crippen LogP contribution in [0, 0.1) is 5.92 Å². The summed E-state index contributed by atoms with van der Waals surface area (Å²) in [5, 5.41) is 86.4. The second kappa shape index (κ2) is 15.4. The van der Waals surface area contributed by atoms with E-state index in [2.05, 4.69) is 5.32 Å². The highest BCUT2D eigenvalue weighted by Gasteiger charge is 2.69. The second-order valence-corrected chi connectivity index (χ2v) is 11.9. The number of rotatable bonds is 12. The van der Waals surface area contributed by atoms with Crippen LogP contribution in [-0.2, 0) is 36.7 Å². The molecular formula is C36H39NO13. The van der Waals surface area contributed by atoms with Crippen LogP contribution in [0.5, 0.6) is 23.0 Å². The zero-order valence-corrected chi connectivity index (χ0v) is 27.1. The van der Waals surface area contributed by atoms with Crippen molar-refractivity contribution in [2.45, 2.75) is 55.8 Å². The van der Waals surface area contributed by atoms with E-state index in [4.69, 9.17) is 9.47 Å². The molecule has 14 nitrogen and oxygen atoms in total. The maximum Gasteiger partial charge on any atom is 0.336 e. The van der Waals surface area contributed by atoms with Crippen molar-refractivity contribution in [2.75, 3.05) is 7.05 Å². The number of nitrogens with one attached hydrogen (secondary N) is 1. The summed E-state index contributed by atoms with van der Waals surface area (Å²) < 4.78 is 11.5. The number of aliphatic carboxylic acids is 1. The lowest BCUT2D eigenvalue weighted by Gasteiger charge is -2.54. The molecule has 0 saturated heterocycles. The maximum absolute atomic E-state index is 13.4. The average Bonchev–Trinajstić information content (AvgIpc) is 3.08. The number of carboxylic acid groups (broad SMARTS) is 1. The van der Waals surface area contributed by atoms with Crippen molar-refractivity contribution >= 4 is 30.1 Å². The minimum absolute atomic E-state index is 0.243. The van der Waals surface area contributed by atoms with Crippen LogP contribution in [0.3, 0.4) is 0 Å². The van der Waals surface area contributed by atoms with Gasteiger partial charge in [-0.05, 0) is 78.6 Å². The van der Waals surface area contributed by atoms with Gasteiger partial charge in [-0.15, -0.1) is 0 Å². The van der Waals surface area contributed by atoms with Gasteiger partial charge >= 0.3 is 17.9 Å². The van der Waals surface area contributed by atoms with Crippen LogP contribution in [0.15, 0.2) is 72.8 Å². The van der Waals surface area contributed by atoms with Crippen LogP contribution in [0.4, 0.5) is 0 Å². The minimum atomic E-state index is -2.78. The number of hydrogen-bond donors (Lipinski definition) is 9. The number of aryl methyl sites for hydroxylation is 1. The highest BCUT2D eigenvalue weighted by molar-refractivity contribution is 5.89. The lowest BCUT2D eigenvalue weighted by Crippen LogP contribution is -2.76. The van der Waals surface area contributed by atoms with E-state index in [1.54, 1.807) is 18.2 Å². The molecule has 6 atom stereocenters. The molecule has 50 heavy (non-hydrogen) atoms. The molecule has 0 spiro atoms. The highest BCUT2D eigenvalue weighted by atomic mass is 16.6. The smallest absolute Gasteiger partial charge is 0.336 e. The standard InChI is InChI=1S/C36H39NO13/c1-3-20-5-4-6-23(15-20)16-24-32(49-30(43)13-9-21-7-11-25(38)27(40)17-21)36(33(45)37-2,29(42)19-35(24,48)34(46)47)50-31(44)14-10-22-8-12-26(39)28(41)18-22/h4-15,17-18,24,29,32-33,37-42,45,48H,3,16,19H2,1-2H3,(H,46,47)/b13-9+,14-10+/t24-,29+,32+,33+,35+,36-/m0/s1. The summed E-state index contributed by atoms with van der Waals surface area (Å²) in [5.41, 5.74) is -3.54. The number of carbonyl (C=O) groups excluding carboxylic acids is 2. The van der Waals surface area contributed by atoms with E-state index in [0.29, 0.717) is 12.0 Å². The Morgan fingerprint density at radius 3 is 1.96 bits per heavy atom. The van der Waals surface area contributed by atoms with Crippen molar-refractivity contribution < 1.29 is 64.7 Å². The molecule has 0 heterocycles. The first kappa shape index (κ1) is 37.4. The fraction of sp³-hybridized carbons (Fsp3) is 0.306. The Kier molecular flexibility index (Phi) is 11.5. The van der Waals surface area contributed by atoms with Crippen molar-refractivity contribution in [3.8, 4) is 23.0 Å². The largest absolute Gasteiger partial charge is 0.504 e. The zero-order chi connectivity index (χ0) is 36.8. The van der Waals surface area contributed by atoms with E-state index in [1.165, 1.54) is 43.5 Å². The first-order valence-electron chi connectivity index (χ1n) is 15.5. The molecule has 3 aromatic carbocycles. The number of phenols is 4. The summed E-state index contributed by atoms with van der Waals surface area (Å²) in [5.74, 6) is -7.55. The van der Waals surface area contributed by atoms with Crippen LogP contribution in [0.25, 0.3) is 12.2 Å². The van der Waals surface area contributed by atoms with Gasteiger partial charge in [-0.2, -0.15) is 0 Å². The van der Waals surface area contributed by atoms with Gasteiger partial charge in [0.15, 0.2) is 40.9 Å². The van der Waals surface area contributed by atoms with Gasteiger partial charge in [-0.3, -0.25) is 5.32 Å². The van der Waals surface area contributed by atoms with E-state index in [9.17, 15) is 55.2 Å². The van der Waals surface area contributed by atoms with Crippen LogP contribution in [0.2, 0.25) is 0 Å². The van der Waals surface area contributed by atoms with Crippen LogP contribution in [-0.4, -0.2) is 95.4 Å². The molecule has 0 aromatic heterocycles. The van der Waals surface area contributed by atoms with Crippen molar-refractivity contribution in [1.29, 1.82) is 0 Å². The Labute approximate surface area is 286 Å². The Hall–Kier alpha value is -5.41. The van der Waals surface area contributed by atoms with E-state index in [1.807, 2.05) is 13.0 Å². The van der Waals surface area contributed by atoms with Gasteiger partial charge in [0, 0.05) is 24.5 Å². The molecule has 4 rings (SSSR count). The Balaban J connectivity index is 1.84. The topological polar surface area (TPSA) is 244 Å². The number of esters is 2. The number of carboxylic acids is 1. The quantitative estimate of drug-likeness (QED) is 0.0570. The van der Waals surface area contributed by atoms with Gasteiger partial charge in [0.25, 0.3) is 0 Å². The fourth-order valence-corrected chi connectivity index (χ4v) is 6.02. The number of aliphatic hydroxyl groups is 3. The van der Waals surface area contributed by atoms with E-state index in [0.717, 1.165) is 29.8 Å². The number of aliphatic hydroxyl groups excluding tert-OH is 2. The normalized spacial score (nSPS) is 24.2. The Bertz CT molecular complexity index is 1790. The third-order valence-corrected chi connectivity index (χ3v) is 8.72. The van der Waals surface area contributed by atoms with Crippen molar-refractivity contribution in [2.24, 2.45) is 5.92 Å². The molecule has 14 heteroatoms. The Morgan fingerprint density at radius 2 is 1.44 bits per heavy atom. The lowest BCUT2D eigenvalue weighted by atomic mass is 9.62. The van der Waals surface area contributed by atoms with Gasteiger partial charge < -0.3 is 50.3 Å². The lowest BCUT2D eigenvalue weighted by molar-refractivity contribution is -0.284. The molecule has 0 unspecified atom stereocenters. The first-order valence-corrected chi connectivity index (χ1v) is 15.5. The molecule has 0 aliphatic heterocycles. The monoisotopic (exact) mass is 693 g/mol. The molecule has 1 aliphatic rings. The van der Waals surface area contributed by atoms with Gasteiger partial charge in [-0.1, -0.05) is 43.3 Å². The number of carbonyl (C=O) groups is 3. The summed E-state index contributed by atoms with van der Waals surface area (Å²) in [7, 11) is 1.25. The first-order chi connectivity index (χ1) is 23.6. The van der Waals surface area contributed by atoms with Gasteiger partial charge in [0.2, 0.25) is 5.60 Å². The molecule has 266 valence electrons. The number of ether oxygens (including phenoxy) is 2. The number of likely N-dealkylation sites (N-methyl/N-ethyl adjacent to an activating group) is 1. The third-order valence-electron chi connectivity index (χ3n) is 8.72. The summed E-state index contributed by atoms with van der Waals surface area (Å²) >= 11 is 0. The molecule has 1 fully saturated rings. The molecular weight excluding hydrogens is 654 g/mol. The number of phenolic OH excluding ortho intramolecular Hbond substituents is 4. The molecule has 9 N–H and O–H groups in total. The maximum atomic E-state index is 13.4. The van der Waals surface area contributed by atoms with Crippen molar-refractivity contribution in [3.05, 3.63) is 95.1 Å². The molecule has 1 aliphatic carbocycles. The zero-order valence-electron chi connectivity index (χ0n) is 27.1. The summed E-state index contributed by atoms with van der Waals surface area (Å²) in [4.78, 5) is 39.6. The SMILES string of the molecule is CCc1cccc(C[C@H]2[C@@H](OC(=O)/C=C/c3ccc(O)c(O)c3)[C@](OC(=O)/C=C/c3ccc(O)c(O)c3)([C@@H](O)NC)[C@H](O)C[C@]2(O)C(=O)O)c1. The predicted molar refractivity (Wildman–Crippen MR) is 178 cm³/mol. The van der Waals surface area contributed by atoms with Gasteiger partial charge in [0.05, 0.1) is 0 Å². The number of hydrogen-bond acceptors (Lipinski definition) is 13. The highest BCUT2D eigenvalue weighted by Crippen LogP contribution is 2.47. The molecule has 0 bridgehead atoms. The fourth-order valence-electron chi connectivity index (χ4n) is 6.02. The van der Waals surface area contributed by atoms with Crippen molar-refractivity contribution in [1.82, 2.24) is 5.32 Å². The van der Waals surface area contributed by atoms with E-state index in [-0.39, 0.29) is 17.5 Å². The minimum Gasteiger partial charge on any atom is -0.504 e. The molecule has 0 amide bonds. The van der Waals surface area contributed by atoms with Crippen LogP contribution in [0.1, 0.15) is 35.6 Å². The summed E-state index contributed by atoms with van der Waals surface area (Å²) in [6, 6.07) is 14.3.